The monoisotopic (exact) mass is 336 g/mol. The van der Waals surface area contributed by atoms with Crippen molar-refractivity contribution in [2.75, 3.05) is 20.1 Å². The van der Waals surface area contributed by atoms with Crippen molar-refractivity contribution >= 4 is 33.2 Å². The van der Waals surface area contributed by atoms with E-state index in [1.807, 2.05) is 7.05 Å². The lowest BCUT2D eigenvalue weighted by molar-refractivity contribution is 0.293. The van der Waals surface area contributed by atoms with E-state index in [2.05, 4.69) is 5.32 Å². The van der Waals surface area contributed by atoms with Gasteiger partial charge in [0.2, 0.25) is 10.0 Å². The van der Waals surface area contributed by atoms with Crippen LogP contribution in [0.1, 0.15) is 18.4 Å². The van der Waals surface area contributed by atoms with Gasteiger partial charge in [0.25, 0.3) is 0 Å². The Morgan fingerprint density at radius 2 is 1.90 bits per heavy atom. The summed E-state index contributed by atoms with van der Waals surface area (Å²) in [4.78, 5) is 0.162. The second-order valence-corrected chi connectivity index (χ2v) is 7.76. The van der Waals surface area contributed by atoms with E-state index < -0.39 is 10.0 Å². The molecule has 0 saturated carbocycles. The molecule has 0 aromatic heterocycles. The van der Waals surface area contributed by atoms with E-state index in [9.17, 15) is 8.42 Å². The molecule has 20 heavy (non-hydrogen) atoms. The zero-order chi connectivity index (χ0) is 14.9. The highest BCUT2D eigenvalue weighted by Gasteiger charge is 2.30. The van der Waals surface area contributed by atoms with Gasteiger partial charge in [-0.3, -0.25) is 0 Å². The average Bonchev–Trinajstić information content (AvgIpc) is 2.44. The van der Waals surface area contributed by atoms with Gasteiger partial charge in [-0.05, 0) is 44.5 Å². The predicted molar refractivity (Wildman–Crippen MR) is 82.0 cm³/mol. The van der Waals surface area contributed by atoms with Gasteiger partial charge in [0.05, 0.1) is 4.90 Å². The third-order valence-electron chi connectivity index (χ3n) is 3.68. The van der Waals surface area contributed by atoms with Gasteiger partial charge in [-0.25, -0.2) is 8.42 Å². The molecule has 7 heteroatoms. The maximum Gasteiger partial charge on any atom is 0.243 e. The van der Waals surface area contributed by atoms with Crippen LogP contribution in [0.4, 0.5) is 0 Å². The van der Waals surface area contributed by atoms with E-state index in [4.69, 9.17) is 23.2 Å². The standard InChI is InChI=1S/C13H18Cl2N2O2S/c1-9-12(14)6-11(7-13(9)15)20(18,19)17-5-3-4-10(8-17)16-2/h6-7,10,16H,3-5,8H2,1-2H3. The molecule has 1 aliphatic rings. The van der Waals surface area contributed by atoms with Crippen LogP contribution in [0.5, 0.6) is 0 Å². The van der Waals surface area contributed by atoms with E-state index >= 15 is 0 Å². The second kappa shape index (κ2) is 6.20. The fourth-order valence-corrected chi connectivity index (χ4v) is 4.51. The van der Waals surface area contributed by atoms with Crippen LogP contribution >= 0.6 is 23.2 Å². The zero-order valence-electron chi connectivity index (χ0n) is 11.5. The van der Waals surface area contributed by atoms with Crippen LogP contribution in [0.15, 0.2) is 17.0 Å². The van der Waals surface area contributed by atoms with Gasteiger partial charge in [0, 0.05) is 29.2 Å². The molecule has 0 spiro atoms. The SMILES string of the molecule is CNC1CCCN(S(=O)(=O)c2cc(Cl)c(C)c(Cl)c2)C1. The summed E-state index contributed by atoms with van der Waals surface area (Å²) in [5, 5.41) is 3.88. The summed E-state index contributed by atoms with van der Waals surface area (Å²) >= 11 is 12.1. The van der Waals surface area contributed by atoms with Gasteiger partial charge in [0.15, 0.2) is 0 Å². The molecule has 1 N–H and O–H groups in total. The van der Waals surface area contributed by atoms with Crippen molar-refractivity contribution in [1.29, 1.82) is 0 Å². The van der Waals surface area contributed by atoms with Crippen LogP contribution < -0.4 is 5.32 Å². The van der Waals surface area contributed by atoms with Gasteiger partial charge in [-0.1, -0.05) is 23.2 Å². The molecular weight excluding hydrogens is 319 g/mol. The van der Waals surface area contributed by atoms with Gasteiger partial charge < -0.3 is 5.32 Å². The largest absolute Gasteiger partial charge is 0.316 e. The van der Waals surface area contributed by atoms with Crippen LogP contribution in [-0.4, -0.2) is 38.9 Å². The van der Waals surface area contributed by atoms with E-state index in [1.54, 1.807) is 6.92 Å². The molecule has 1 aromatic rings. The zero-order valence-corrected chi connectivity index (χ0v) is 13.8. The first-order valence-corrected chi connectivity index (χ1v) is 8.69. The van der Waals surface area contributed by atoms with Crippen LogP contribution in [0.2, 0.25) is 10.0 Å². The number of likely N-dealkylation sites (N-methyl/N-ethyl adjacent to an activating group) is 1. The maximum absolute atomic E-state index is 12.6. The Morgan fingerprint density at radius 1 is 1.30 bits per heavy atom. The second-order valence-electron chi connectivity index (χ2n) is 5.00. The summed E-state index contributed by atoms with van der Waals surface area (Å²) in [6.07, 6.45) is 1.83. The lowest BCUT2D eigenvalue weighted by atomic mass is 10.1. The van der Waals surface area contributed by atoms with Crippen LogP contribution in [-0.2, 0) is 10.0 Å². The highest BCUT2D eigenvalue weighted by Crippen LogP contribution is 2.30. The highest BCUT2D eigenvalue weighted by molar-refractivity contribution is 7.89. The quantitative estimate of drug-likeness (QED) is 0.923. The Balaban J connectivity index is 2.35. The van der Waals surface area contributed by atoms with Gasteiger partial charge >= 0.3 is 0 Å². The lowest BCUT2D eigenvalue weighted by Crippen LogP contribution is -2.46. The molecule has 1 atom stereocenters. The van der Waals surface area contributed by atoms with E-state index in [1.165, 1.54) is 16.4 Å². The minimum absolute atomic E-state index is 0.162. The molecule has 0 bridgehead atoms. The first kappa shape index (κ1) is 16.0. The van der Waals surface area contributed by atoms with Crippen molar-refractivity contribution in [2.24, 2.45) is 0 Å². The fraction of sp³-hybridized carbons (Fsp3) is 0.538. The Hall–Kier alpha value is -0.330. The average molecular weight is 337 g/mol. The van der Waals surface area contributed by atoms with Crippen molar-refractivity contribution < 1.29 is 8.42 Å². The summed E-state index contributed by atoms with van der Waals surface area (Å²) in [5.74, 6) is 0. The van der Waals surface area contributed by atoms with E-state index in [0.29, 0.717) is 28.7 Å². The molecule has 2 rings (SSSR count). The topological polar surface area (TPSA) is 49.4 Å². The van der Waals surface area contributed by atoms with E-state index in [-0.39, 0.29) is 10.9 Å². The Labute approximate surface area is 130 Å². The molecule has 1 unspecified atom stereocenters. The molecule has 1 fully saturated rings. The molecule has 4 nitrogen and oxygen atoms in total. The number of nitrogens with one attached hydrogen (secondary N) is 1. The van der Waals surface area contributed by atoms with Crippen molar-refractivity contribution in [3.63, 3.8) is 0 Å². The number of benzene rings is 1. The summed E-state index contributed by atoms with van der Waals surface area (Å²) < 4.78 is 26.8. The van der Waals surface area contributed by atoms with Crippen LogP contribution in [0.3, 0.4) is 0 Å². The first-order valence-electron chi connectivity index (χ1n) is 6.49. The molecule has 1 aliphatic heterocycles. The number of sulfonamides is 1. The smallest absolute Gasteiger partial charge is 0.243 e. The van der Waals surface area contributed by atoms with Crippen LogP contribution in [0, 0.1) is 6.92 Å². The van der Waals surface area contributed by atoms with Gasteiger partial charge in [-0.15, -0.1) is 0 Å². The summed E-state index contributed by atoms with van der Waals surface area (Å²) in [6.45, 7) is 2.77. The number of nitrogens with zero attached hydrogens (tertiary/aromatic N) is 1. The third-order valence-corrected chi connectivity index (χ3v) is 6.31. The summed E-state index contributed by atoms with van der Waals surface area (Å²) in [7, 11) is -1.69. The summed E-state index contributed by atoms with van der Waals surface area (Å²) in [6, 6.07) is 3.14. The maximum atomic E-state index is 12.6. The Bertz CT molecular complexity index is 581. The number of rotatable bonds is 3. The lowest BCUT2D eigenvalue weighted by Gasteiger charge is -2.31. The highest BCUT2D eigenvalue weighted by atomic mass is 35.5. The number of halogens is 2. The van der Waals surface area contributed by atoms with E-state index in [0.717, 1.165) is 12.8 Å². The van der Waals surface area contributed by atoms with Crippen molar-refractivity contribution in [3.05, 3.63) is 27.7 Å². The Kier molecular flexibility index (Phi) is 4.97. The Morgan fingerprint density at radius 3 is 2.45 bits per heavy atom. The minimum Gasteiger partial charge on any atom is -0.316 e. The van der Waals surface area contributed by atoms with Crippen molar-refractivity contribution in [2.45, 2.75) is 30.7 Å². The molecule has 1 heterocycles. The molecule has 112 valence electrons. The fourth-order valence-electron chi connectivity index (χ4n) is 2.32. The molecular formula is C13H18Cl2N2O2S. The molecule has 0 amide bonds. The normalized spacial score (nSPS) is 21.1. The van der Waals surface area contributed by atoms with Gasteiger partial charge in [0.1, 0.15) is 0 Å². The number of hydrogen-bond donors (Lipinski definition) is 1. The number of hydrogen-bond acceptors (Lipinski definition) is 3. The predicted octanol–water partition coefficient (Wildman–Crippen LogP) is 2.67. The molecule has 0 radical (unpaired) electrons. The molecule has 1 saturated heterocycles. The third kappa shape index (κ3) is 3.12. The number of piperidine rings is 1. The first-order chi connectivity index (χ1) is 9.36. The molecule has 1 aromatic carbocycles. The summed E-state index contributed by atoms with van der Waals surface area (Å²) in [5.41, 5.74) is 0.694. The van der Waals surface area contributed by atoms with Crippen molar-refractivity contribution in [3.8, 4) is 0 Å². The van der Waals surface area contributed by atoms with Gasteiger partial charge in [-0.2, -0.15) is 4.31 Å². The van der Waals surface area contributed by atoms with Crippen molar-refractivity contribution in [1.82, 2.24) is 9.62 Å². The minimum atomic E-state index is -3.54. The van der Waals surface area contributed by atoms with Crippen LogP contribution in [0.25, 0.3) is 0 Å². The molecule has 0 aliphatic carbocycles.